The molecule has 33 heavy (non-hydrogen) atoms. The second kappa shape index (κ2) is 10.5. The molecule has 2 saturated heterocycles. The second-order valence-electron chi connectivity index (χ2n) is 9.96. The number of nitrogens with one attached hydrogen (secondary N) is 1. The first kappa shape index (κ1) is 23.5. The molecule has 5 heteroatoms. The summed E-state index contributed by atoms with van der Waals surface area (Å²) in [5.74, 6) is 0.978. The van der Waals surface area contributed by atoms with E-state index in [4.69, 9.17) is 0 Å². The van der Waals surface area contributed by atoms with Crippen LogP contribution >= 0.6 is 0 Å². The number of hydrogen-bond acceptors (Lipinski definition) is 3. The van der Waals surface area contributed by atoms with Crippen molar-refractivity contribution in [2.24, 2.45) is 11.8 Å². The van der Waals surface area contributed by atoms with Gasteiger partial charge in [0.2, 0.25) is 11.8 Å². The molecule has 0 spiro atoms. The van der Waals surface area contributed by atoms with E-state index >= 15 is 0 Å². The van der Waals surface area contributed by atoms with Gasteiger partial charge in [0.15, 0.2) is 0 Å². The van der Waals surface area contributed by atoms with Crippen LogP contribution in [0.15, 0.2) is 48.5 Å². The van der Waals surface area contributed by atoms with Crippen LogP contribution < -0.4 is 5.32 Å². The predicted molar refractivity (Wildman–Crippen MR) is 133 cm³/mol. The Morgan fingerprint density at radius 2 is 1.70 bits per heavy atom. The van der Waals surface area contributed by atoms with Crippen molar-refractivity contribution in [1.29, 1.82) is 0 Å². The van der Waals surface area contributed by atoms with Gasteiger partial charge in [0.1, 0.15) is 6.04 Å². The zero-order valence-electron chi connectivity index (χ0n) is 20.2. The van der Waals surface area contributed by atoms with Crippen LogP contribution in [0.25, 0.3) is 0 Å². The number of rotatable bonds is 5. The topological polar surface area (TPSA) is 52.7 Å². The van der Waals surface area contributed by atoms with Crippen LogP contribution in [0.2, 0.25) is 0 Å². The highest BCUT2D eigenvalue weighted by Gasteiger charge is 2.35. The van der Waals surface area contributed by atoms with Crippen LogP contribution in [0.1, 0.15) is 55.3 Å². The monoisotopic (exact) mass is 447 g/mol. The molecule has 1 N–H and O–H groups in total. The smallest absolute Gasteiger partial charge is 0.246 e. The summed E-state index contributed by atoms with van der Waals surface area (Å²) in [6.07, 6.45) is 3.95. The molecule has 2 aromatic carbocycles. The molecule has 2 amide bonds. The minimum atomic E-state index is -0.364. The van der Waals surface area contributed by atoms with E-state index in [2.05, 4.69) is 28.1 Å². The van der Waals surface area contributed by atoms with Crippen molar-refractivity contribution in [3.05, 3.63) is 65.2 Å². The largest absolute Gasteiger partial charge is 0.342 e. The number of nitrogens with zero attached hydrogens (tertiary/aromatic N) is 2. The summed E-state index contributed by atoms with van der Waals surface area (Å²) in [6, 6.07) is 15.8. The molecule has 2 atom stereocenters. The zero-order valence-corrected chi connectivity index (χ0v) is 20.2. The van der Waals surface area contributed by atoms with E-state index in [9.17, 15) is 9.59 Å². The first-order chi connectivity index (χ1) is 15.9. The third kappa shape index (κ3) is 5.64. The van der Waals surface area contributed by atoms with E-state index in [1.165, 1.54) is 6.42 Å². The highest BCUT2D eigenvalue weighted by atomic mass is 16.2. The van der Waals surface area contributed by atoms with Crippen LogP contribution in [0.5, 0.6) is 0 Å². The maximum atomic E-state index is 13.5. The van der Waals surface area contributed by atoms with Gasteiger partial charge >= 0.3 is 0 Å². The molecule has 176 valence electrons. The SMILES string of the molecule is Cc1ccc(C)c(NC(=O)C(c2ccccc2)N2CCC(C(=O)N3CCCC(C)C3)CC2)c1. The highest BCUT2D eigenvalue weighted by molar-refractivity contribution is 5.96. The maximum absolute atomic E-state index is 13.5. The van der Waals surface area contributed by atoms with Crippen molar-refractivity contribution in [3.8, 4) is 0 Å². The Hall–Kier alpha value is -2.66. The molecule has 2 fully saturated rings. The molecule has 2 heterocycles. The predicted octanol–water partition coefficient (Wildman–Crippen LogP) is 4.95. The maximum Gasteiger partial charge on any atom is 0.246 e. The van der Waals surface area contributed by atoms with Gasteiger partial charge < -0.3 is 10.2 Å². The summed E-state index contributed by atoms with van der Waals surface area (Å²) in [5, 5.41) is 3.18. The summed E-state index contributed by atoms with van der Waals surface area (Å²) in [6.45, 7) is 9.58. The van der Waals surface area contributed by atoms with E-state index < -0.39 is 0 Å². The quantitative estimate of drug-likeness (QED) is 0.705. The van der Waals surface area contributed by atoms with Gasteiger partial charge in [0.05, 0.1) is 0 Å². The van der Waals surface area contributed by atoms with E-state index in [1.807, 2.05) is 56.3 Å². The van der Waals surface area contributed by atoms with E-state index in [0.29, 0.717) is 11.8 Å². The van der Waals surface area contributed by atoms with Crippen molar-refractivity contribution in [2.75, 3.05) is 31.5 Å². The fourth-order valence-electron chi connectivity index (χ4n) is 5.29. The molecule has 0 saturated carbocycles. The highest BCUT2D eigenvalue weighted by Crippen LogP contribution is 2.30. The number of benzene rings is 2. The number of anilines is 1. The van der Waals surface area contributed by atoms with Crippen molar-refractivity contribution < 1.29 is 9.59 Å². The first-order valence-electron chi connectivity index (χ1n) is 12.4. The Labute approximate surface area is 198 Å². The molecule has 0 radical (unpaired) electrons. The molecule has 5 nitrogen and oxygen atoms in total. The standard InChI is InChI=1S/C28H37N3O2/c1-20-11-12-22(3)25(18-20)29-27(32)26(23-9-5-4-6-10-23)30-16-13-24(14-17-30)28(33)31-15-7-8-21(2)19-31/h4-6,9-12,18,21,24,26H,7-8,13-17,19H2,1-3H3,(H,29,32). The van der Waals surface area contributed by atoms with Crippen LogP contribution in [0.4, 0.5) is 5.69 Å². The van der Waals surface area contributed by atoms with Crippen LogP contribution in [-0.4, -0.2) is 47.8 Å². The molecule has 4 rings (SSSR count). The lowest BCUT2D eigenvalue weighted by Crippen LogP contribution is -2.47. The van der Waals surface area contributed by atoms with Gasteiger partial charge in [-0.3, -0.25) is 14.5 Å². The fraction of sp³-hybridized carbons (Fsp3) is 0.500. The molecule has 2 unspecified atom stereocenters. The average molecular weight is 448 g/mol. The van der Waals surface area contributed by atoms with Gasteiger partial charge in [-0.2, -0.15) is 0 Å². The number of carbonyl (C=O) groups excluding carboxylic acids is 2. The Morgan fingerprint density at radius 3 is 2.39 bits per heavy atom. The molecular formula is C28H37N3O2. The average Bonchev–Trinajstić information content (AvgIpc) is 2.82. The van der Waals surface area contributed by atoms with Crippen LogP contribution in [0, 0.1) is 25.7 Å². The third-order valence-corrected chi connectivity index (χ3v) is 7.23. The van der Waals surface area contributed by atoms with Crippen molar-refractivity contribution in [3.63, 3.8) is 0 Å². The van der Waals surface area contributed by atoms with Gasteiger partial charge in [-0.1, -0.05) is 49.4 Å². The number of carbonyl (C=O) groups is 2. The van der Waals surface area contributed by atoms with Crippen LogP contribution in [0.3, 0.4) is 0 Å². The minimum absolute atomic E-state index is 0.00969. The lowest BCUT2D eigenvalue weighted by molar-refractivity contribution is -0.139. The van der Waals surface area contributed by atoms with Crippen LogP contribution in [-0.2, 0) is 9.59 Å². The molecule has 2 aliphatic heterocycles. The fourth-order valence-corrected chi connectivity index (χ4v) is 5.29. The van der Waals surface area contributed by atoms with Gasteiger partial charge in [0.25, 0.3) is 0 Å². The van der Waals surface area contributed by atoms with Gasteiger partial charge in [-0.15, -0.1) is 0 Å². The number of piperidine rings is 2. The van der Waals surface area contributed by atoms with Gasteiger partial charge in [-0.05, 0) is 81.3 Å². The Bertz CT molecular complexity index is 966. The van der Waals surface area contributed by atoms with E-state index in [1.54, 1.807) is 0 Å². The second-order valence-corrected chi connectivity index (χ2v) is 9.96. The number of aryl methyl sites for hydroxylation is 2. The van der Waals surface area contributed by atoms with Gasteiger partial charge in [-0.25, -0.2) is 0 Å². The summed E-state index contributed by atoms with van der Waals surface area (Å²) in [5.41, 5.74) is 4.04. The minimum Gasteiger partial charge on any atom is -0.342 e. The summed E-state index contributed by atoms with van der Waals surface area (Å²) >= 11 is 0. The summed E-state index contributed by atoms with van der Waals surface area (Å²) < 4.78 is 0. The number of hydrogen-bond donors (Lipinski definition) is 1. The van der Waals surface area contributed by atoms with Gasteiger partial charge in [0, 0.05) is 24.7 Å². The number of amides is 2. The third-order valence-electron chi connectivity index (χ3n) is 7.23. The Kier molecular flexibility index (Phi) is 7.49. The summed E-state index contributed by atoms with van der Waals surface area (Å²) in [7, 11) is 0. The first-order valence-corrected chi connectivity index (χ1v) is 12.4. The number of likely N-dealkylation sites (tertiary alicyclic amines) is 2. The van der Waals surface area contributed by atoms with E-state index in [-0.39, 0.29) is 17.9 Å². The molecule has 0 aromatic heterocycles. The van der Waals surface area contributed by atoms with E-state index in [0.717, 1.165) is 67.8 Å². The Balaban J connectivity index is 1.46. The van der Waals surface area contributed by atoms with Crippen molar-refractivity contribution in [1.82, 2.24) is 9.80 Å². The normalized spacial score (nSPS) is 20.9. The Morgan fingerprint density at radius 1 is 0.970 bits per heavy atom. The van der Waals surface area contributed by atoms with Crippen molar-refractivity contribution >= 4 is 17.5 Å². The lowest BCUT2D eigenvalue weighted by Gasteiger charge is -2.39. The molecule has 2 aromatic rings. The molecular weight excluding hydrogens is 410 g/mol. The molecule has 0 bridgehead atoms. The van der Waals surface area contributed by atoms with Crippen molar-refractivity contribution in [2.45, 2.75) is 52.5 Å². The lowest BCUT2D eigenvalue weighted by atomic mass is 9.91. The molecule has 0 aliphatic carbocycles. The summed E-state index contributed by atoms with van der Waals surface area (Å²) in [4.78, 5) is 31.0. The molecule has 2 aliphatic rings. The zero-order chi connectivity index (χ0) is 23.4.